The highest BCUT2D eigenvalue weighted by Crippen LogP contribution is 2.34. The Morgan fingerprint density at radius 2 is 1.77 bits per heavy atom. The molecule has 2 aromatic rings. The summed E-state index contributed by atoms with van der Waals surface area (Å²) in [5.74, 6) is -1.23. The van der Waals surface area contributed by atoms with E-state index >= 15 is 0 Å². The second-order valence-corrected chi connectivity index (χ2v) is 10.1. The molecular formula is C28H36N2O5. The van der Waals surface area contributed by atoms with Crippen molar-refractivity contribution in [1.82, 2.24) is 5.32 Å². The molecule has 3 rings (SSSR count). The minimum atomic E-state index is -1.31. The Morgan fingerprint density at radius 3 is 2.37 bits per heavy atom. The zero-order chi connectivity index (χ0) is 25.8. The van der Waals surface area contributed by atoms with Gasteiger partial charge in [-0.2, -0.15) is 0 Å². The predicted molar refractivity (Wildman–Crippen MR) is 136 cm³/mol. The van der Waals surface area contributed by atoms with E-state index in [1.54, 1.807) is 24.0 Å². The number of unbranched alkanes of at least 4 members (excludes halogenated alkanes) is 1. The van der Waals surface area contributed by atoms with Crippen molar-refractivity contribution in [3.63, 3.8) is 0 Å². The molecule has 7 heteroatoms. The summed E-state index contributed by atoms with van der Waals surface area (Å²) in [5.41, 5.74) is 0.822. The van der Waals surface area contributed by atoms with Crippen molar-refractivity contribution in [1.29, 1.82) is 0 Å². The molecule has 35 heavy (non-hydrogen) atoms. The number of amides is 1. The SMILES string of the molecule is CCCCC1NCC(C)(C(=O)OC)C(=O)N1c1ccc(-c2ccccc2C(=O)OC(C)(C)C)cc1. The number of rotatable bonds is 7. The largest absolute Gasteiger partial charge is 0.468 e. The monoisotopic (exact) mass is 480 g/mol. The summed E-state index contributed by atoms with van der Waals surface area (Å²) in [6, 6.07) is 14.8. The standard InChI is InChI=1S/C28H36N2O5/c1-7-8-13-23-29-18-28(5,26(33)34-6)25(32)30(23)20-16-14-19(15-17-20)21-11-9-10-12-22(21)24(31)35-27(2,3)4/h9-12,14-17,23,29H,7-8,13,18H2,1-6H3. The van der Waals surface area contributed by atoms with Crippen LogP contribution < -0.4 is 10.2 Å². The van der Waals surface area contributed by atoms with Gasteiger partial charge in [0.15, 0.2) is 5.41 Å². The minimum Gasteiger partial charge on any atom is -0.468 e. The van der Waals surface area contributed by atoms with E-state index in [-0.39, 0.29) is 24.6 Å². The molecule has 1 N–H and O–H groups in total. The molecule has 188 valence electrons. The third-order valence-electron chi connectivity index (χ3n) is 6.16. The molecule has 0 bridgehead atoms. The van der Waals surface area contributed by atoms with Gasteiger partial charge >= 0.3 is 11.9 Å². The van der Waals surface area contributed by atoms with Crippen LogP contribution in [-0.4, -0.2) is 43.3 Å². The number of hydrogen-bond acceptors (Lipinski definition) is 6. The summed E-state index contributed by atoms with van der Waals surface area (Å²) >= 11 is 0. The first-order chi connectivity index (χ1) is 16.5. The topological polar surface area (TPSA) is 84.9 Å². The molecule has 1 aliphatic rings. The Balaban J connectivity index is 1.96. The van der Waals surface area contributed by atoms with E-state index in [4.69, 9.17) is 9.47 Å². The predicted octanol–water partition coefficient (Wildman–Crippen LogP) is 4.94. The highest BCUT2D eigenvalue weighted by Gasteiger charge is 2.50. The molecule has 7 nitrogen and oxygen atoms in total. The average Bonchev–Trinajstić information content (AvgIpc) is 2.83. The van der Waals surface area contributed by atoms with Crippen molar-refractivity contribution >= 4 is 23.5 Å². The lowest BCUT2D eigenvalue weighted by molar-refractivity contribution is -0.158. The van der Waals surface area contributed by atoms with Crippen molar-refractivity contribution < 1.29 is 23.9 Å². The van der Waals surface area contributed by atoms with Crippen molar-refractivity contribution in [2.75, 3.05) is 18.6 Å². The summed E-state index contributed by atoms with van der Waals surface area (Å²) in [4.78, 5) is 40.5. The number of ether oxygens (including phenoxy) is 2. The molecule has 2 aromatic carbocycles. The summed E-state index contributed by atoms with van der Waals surface area (Å²) in [5, 5.41) is 3.37. The van der Waals surface area contributed by atoms with Crippen LogP contribution in [0.2, 0.25) is 0 Å². The normalized spacial score (nSPS) is 20.5. The van der Waals surface area contributed by atoms with Gasteiger partial charge in [0.25, 0.3) is 0 Å². The molecule has 2 atom stereocenters. The van der Waals surface area contributed by atoms with Crippen LogP contribution in [0.25, 0.3) is 11.1 Å². The molecule has 1 heterocycles. The second kappa shape index (κ2) is 10.6. The number of benzene rings is 2. The number of carbonyl (C=O) groups excluding carboxylic acids is 3. The van der Waals surface area contributed by atoms with Gasteiger partial charge in [-0.15, -0.1) is 0 Å². The van der Waals surface area contributed by atoms with Gasteiger partial charge in [-0.3, -0.25) is 19.8 Å². The van der Waals surface area contributed by atoms with Crippen molar-refractivity contribution in [2.45, 2.75) is 65.6 Å². The fraction of sp³-hybridized carbons (Fsp3) is 0.464. The summed E-state index contributed by atoms with van der Waals surface area (Å²) < 4.78 is 10.5. The zero-order valence-electron chi connectivity index (χ0n) is 21.5. The van der Waals surface area contributed by atoms with Crippen molar-refractivity contribution in [2.24, 2.45) is 5.41 Å². The van der Waals surface area contributed by atoms with E-state index in [1.807, 2.05) is 57.2 Å². The summed E-state index contributed by atoms with van der Waals surface area (Å²) in [6.07, 6.45) is 2.48. The first kappa shape index (κ1) is 26.4. The molecule has 1 saturated heterocycles. The van der Waals surface area contributed by atoms with Crippen LogP contribution in [0.3, 0.4) is 0 Å². The third-order valence-corrected chi connectivity index (χ3v) is 6.16. The number of esters is 2. The highest BCUT2D eigenvalue weighted by atomic mass is 16.6. The first-order valence-electron chi connectivity index (χ1n) is 12.1. The molecule has 2 unspecified atom stereocenters. The van der Waals surface area contributed by atoms with Crippen molar-refractivity contribution in [3.05, 3.63) is 54.1 Å². The molecule has 1 aliphatic heterocycles. The van der Waals surface area contributed by atoms with Gasteiger partial charge in [-0.05, 0) is 63.4 Å². The van der Waals surface area contributed by atoms with Gasteiger partial charge in [-0.25, -0.2) is 4.79 Å². The fourth-order valence-corrected chi connectivity index (χ4v) is 4.25. The second-order valence-electron chi connectivity index (χ2n) is 10.1. The van der Waals surface area contributed by atoms with Crippen LogP contribution in [0, 0.1) is 5.41 Å². The zero-order valence-corrected chi connectivity index (χ0v) is 21.5. The lowest BCUT2D eigenvalue weighted by Crippen LogP contribution is -2.65. The molecule has 0 spiro atoms. The van der Waals surface area contributed by atoms with Crippen LogP contribution >= 0.6 is 0 Å². The number of hydrogen-bond donors (Lipinski definition) is 1. The van der Waals surface area contributed by atoms with E-state index < -0.39 is 17.0 Å². The highest BCUT2D eigenvalue weighted by molar-refractivity contribution is 6.11. The molecule has 0 radical (unpaired) electrons. The van der Waals surface area contributed by atoms with E-state index in [1.165, 1.54) is 7.11 Å². The maximum atomic E-state index is 13.6. The van der Waals surface area contributed by atoms with Gasteiger partial charge in [0, 0.05) is 12.2 Å². The maximum absolute atomic E-state index is 13.6. The Bertz CT molecular complexity index is 1070. The lowest BCUT2D eigenvalue weighted by Gasteiger charge is -2.43. The van der Waals surface area contributed by atoms with Crippen LogP contribution in [0.15, 0.2) is 48.5 Å². The van der Waals surface area contributed by atoms with Crippen LogP contribution in [-0.2, 0) is 19.1 Å². The maximum Gasteiger partial charge on any atom is 0.339 e. The Morgan fingerprint density at radius 1 is 1.11 bits per heavy atom. The van der Waals surface area contributed by atoms with Gasteiger partial charge in [0.1, 0.15) is 5.60 Å². The van der Waals surface area contributed by atoms with E-state index in [2.05, 4.69) is 12.2 Å². The Kier molecular flexibility index (Phi) is 8.00. The molecule has 1 fully saturated rings. The molecule has 0 aliphatic carbocycles. The van der Waals surface area contributed by atoms with Crippen LogP contribution in [0.4, 0.5) is 5.69 Å². The van der Waals surface area contributed by atoms with Gasteiger partial charge < -0.3 is 9.47 Å². The quantitative estimate of drug-likeness (QED) is 0.446. The number of nitrogens with one attached hydrogen (secondary N) is 1. The van der Waals surface area contributed by atoms with Gasteiger partial charge in [0.05, 0.1) is 18.8 Å². The molecule has 0 aromatic heterocycles. The summed E-state index contributed by atoms with van der Waals surface area (Å²) in [7, 11) is 1.30. The molecular weight excluding hydrogens is 444 g/mol. The van der Waals surface area contributed by atoms with E-state index in [0.717, 1.165) is 30.4 Å². The van der Waals surface area contributed by atoms with E-state index in [9.17, 15) is 14.4 Å². The first-order valence-corrected chi connectivity index (χ1v) is 12.1. The number of nitrogens with zero attached hydrogens (tertiary/aromatic N) is 1. The number of carbonyl (C=O) groups is 3. The average molecular weight is 481 g/mol. The van der Waals surface area contributed by atoms with Gasteiger partial charge in [-0.1, -0.05) is 50.1 Å². The van der Waals surface area contributed by atoms with Crippen molar-refractivity contribution in [3.8, 4) is 11.1 Å². The smallest absolute Gasteiger partial charge is 0.339 e. The van der Waals surface area contributed by atoms with Crippen LogP contribution in [0.1, 0.15) is 64.2 Å². The minimum absolute atomic E-state index is 0.222. The van der Waals surface area contributed by atoms with Crippen LogP contribution in [0.5, 0.6) is 0 Å². The van der Waals surface area contributed by atoms with E-state index in [0.29, 0.717) is 11.3 Å². The molecule has 1 amide bonds. The number of methoxy groups -OCH3 is 1. The Hall–Kier alpha value is -3.19. The summed E-state index contributed by atoms with van der Waals surface area (Å²) in [6.45, 7) is 9.45. The Labute approximate surface area is 207 Å². The fourth-order valence-electron chi connectivity index (χ4n) is 4.25. The molecule has 0 saturated carbocycles. The van der Waals surface area contributed by atoms with Gasteiger partial charge in [0.2, 0.25) is 5.91 Å². The third kappa shape index (κ3) is 5.73. The lowest BCUT2D eigenvalue weighted by atomic mass is 9.85. The number of anilines is 1.